The van der Waals surface area contributed by atoms with Crippen molar-refractivity contribution in [1.82, 2.24) is 20.9 Å². The maximum atomic E-state index is 12.7. The Bertz CT molecular complexity index is 996. The molecule has 1 aromatic carbocycles. The molecule has 11 heteroatoms. The molecule has 4 rings (SSSR count). The van der Waals surface area contributed by atoms with Gasteiger partial charge in [0.05, 0.1) is 22.5 Å². The zero-order valence-electron chi connectivity index (χ0n) is 16.0. The van der Waals surface area contributed by atoms with E-state index >= 15 is 0 Å². The number of benzene rings is 1. The largest absolute Gasteiger partial charge is 0.573 e. The number of carbonyl (C=O) groups is 2. The molecule has 1 saturated carbocycles. The monoisotopic (exact) mass is 454 g/mol. The van der Waals surface area contributed by atoms with E-state index in [-0.39, 0.29) is 18.2 Å². The second kappa shape index (κ2) is 8.26. The minimum atomic E-state index is -4.81. The first-order valence-corrected chi connectivity index (χ1v) is 9.94. The summed E-state index contributed by atoms with van der Waals surface area (Å²) in [6, 6.07) is 6.53. The first-order chi connectivity index (χ1) is 14.7. The van der Waals surface area contributed by atoms with Gasteiger partial charge in [-0.15, -0.1) is 13.2 Å². The molecule has 2 fully saturated rings. The number of aromatic nitrogens is 1. The summed E-state index contributed by atoms with van der Waals surface area (Å²) in [7, 11) is 0. The molecule has 31 heavy (non-hydrogen) atoms. The number of pyridine rings is 1. The van der Waals surface area contributed by atoms with Crippen LogP contribution in [0.2, 0.25) is 5.02 Å². The fraction of sp³-hybridized carbons (Fsp3) is 0.350. The number of halogens is 4. The molecule has 1 aliphatic heterocycles. The van der Waals surface area contributed by atoms with Gasteiger partial charge in [-0.2, -0.15) is 0 Å². The van der Waals surface area contributed by atoms with Crippen molar-refractivity contribution in [2.75, 3.05) is 6.54 Å². The summed E-state index contributed by atoms with van der Waals surface area (Å²) in [5.74, 6) is -0.579. The molecule has 0 bridgehead atoms. The molecule has 2 atom stereocenters. The van der Waals surface area contributed by atoms with Gasteiger partial charge >= 0.3 is 12.4 Å². The molecule has 0 unspecified atom stereocenters. The number of hydrogen-bond acceptors (Lipinski definition) is 4. The van der Waals surface area contributed by atoms with Crippen LogP contribution in [-0.2, 0) is 4.79 Å². The second-order valence-electron chi connectivity index (χ2n) is 7.34. The summed E-state index contributed by atoms with van der Waals surface area (Å²) in [6.45, 7) is 0.122. The second-order valence-corrected chi connectivity index (χ2v) is 7.75. The number of nitrogens with zero attached hydrogens (tertiary/aromatic N) is 1. The minimum Gasteiger partial charge on any atom is -0.406 e. The lowest BCUT2D eigenvalue weighted by Gasteiger charge is -2.22. The van der Waals surface area contributed by atoms with Crippen LogP contribution in [0.25, 0.3) is 0 Å². The predicted molar refractivity (Wildman–Crippen MR) is 105 cm³/mol. The van der Waals surface area contributed by atoms with Gasteiger partial charge in [0.25, 0.3) is 0 Å². The maximum Gasteiger partial charge on any atom is 0.573 e. The van der Waals surface area contributed by atoms with Crippen LogP contribution in [0.4, 0.5) is 18.0 Å². The molecule has 2 aliphatic rings. The molecular formula is C20H18ClF3N4O3. The maximum absolute atomic E-state index is 12.7. The van der Waals surface area contributed by atoms with Gasteiger partial charge in [0, 0.05) is 12.5 Å². The molecule has 3 amide bonds. The van der Waals surface area contributed by atoms with Gasteiger partial charge in [0.15, 0.2) is 0 Å². The van der Waals surface area contributed by atoms with Crippen molar-refractivity contribution >= 4 is 23.5 Å². The Morgan fingerprint density at radius 1 is 1.19 bits per heavy atom. The Morgan fingerprint density at radius 2 is 1.90 bits per heavy atom. The van der Waals surface area contributed by atoms with Crippen LogP contribution in [0.15, 0.2) is 36.4 Å². The SMILES string of the molecule is O=C1NC[C@@H](C(=O)N[C@@H](c2ccc(OC(F)(F)F)cc2)c2ccc(Cl)c(C3CC3)n2)N1. The fourth-order valence-electron chi connectivity index (χ4n) is 3.32. The smallest absolute Gasteiger partial charge is 0.406 e. The lowest BCUT2D eigenvalue weighted by Crippen LogP contribution is -2.44. The van der Waals surface area contributed by atoms with E-state index in [0.29, 0.717) is 16.3 Å². The Morgan fingerprint density at radius 3 is 2.48 bits per heavy atom. The van der Waals surface area contributed by atoms with Crippen LogP contribution in [0.1, 0.15) is 41.8 Å². The van der Waals surface area contributed by atoms with E-state index < -0.39 is 30.4 Å². The van der Waals surface area contributed by atoms with E-state index in [1.165, 1.54) is 24.3 Å². The minimum absolute atomic E-state index is 0.122. The van der Waals surface area contributed by atoms with E-state index in [2.05, 4.69) is 25.7 Å². The third-order valence-electron chi connectivity index (χ3n) is 4.98. The summed E-state index contributed by atoms with van der Waals surface area (Å²) in [5.41, 5.74) is 1.71. The van der Waals surface area contributed by atoms with Crippen molar-refractivity contribution in [3.05, 3.63) is 58.4 Å². The van der Waals surface area contributed by atoms with Crippen LogP contribution in [0.3, 0.4) is 0 Å². The number of nitrogens with one attached hydrogen (secondary N) is 3. The molecule has 3 N–H and O–H groups in total. The van der Waals surface area contributed by atoms with Gasteiger partial charge in [0.2, 0.25) is 5.91 Å². The normalized spacial score (nSPS) is 19.4. The highest BCUT2D eigenvalue weighted by atomic mass is 35.5. The van der Waals surface area contributed by atoms with E-state index in [1.807, 2.05) is 0 Å². The summed E-state index contributed by atoms with van der Waals surface area (Å²) >= 11 is 6.26. The highest BCUT2D eigenvalue weighted by Gasteiger charge is 2.33. The first-order valence-electron chi connectivity index (χ1n) is 9.56. The summed E-state index contributed by atoms with van der Waals surface area (Å²) in [6.07, 6.45) is -2.87. The van der Waals surface area contributed by atoms with Crippen LogP contribution >= 0.6 is 11.6 Å². The van der Waals surface area contributed by atoms with Gasteiger partial charge in [-0.1, -0.05) is 23.7 Å². The quantitative estimate of drug-likeness (QED) is 0.624. The van der Waals surface area contributed by atoms with Gasteiger partial charge in [-0.05, 0) is 42.7 Å². The zero-order chi connectivity index (χ0) is 22.2. The van der Waals surface area contributed by atoms with Crippen LogP contribution < -0.4 is 20.7 Å². The highest BCUT2D eigenvalue weighted by molar-refractivity contribution is 6.31. The van der Waals surface area contributed by atoms with Crippen LogP contribution in [0.5, 0.6) is 5.75 Å². The molecule has 2 heterocycles. The number of hydrogen-bond donors (Lipinski definition) is 3. The Balaban J connectivity index is 1.63. The molecule has 0 spiro atoms. The van der Waals surface area contributed by atoms with E-state index in [4.69, 9.17) is 11.6 Å². The first kappa shape index (κ1) is 21.2. The number of ether oxygens (including phenoxy) is 1. The average molecular weight is 455 g/mol. The average Bonchev–Trinajstić information content (AvgIpc) is 3.46. The standard InChI is InChI=1S/C20H18ClF3N4O3/c21-13-7-8-14(26-16(13)10-1-2-10)17(28-18(29)15-9-25-19(30)27-15)11-3-5-12(6-4-11)31-20(22,23)24/h3-8,10,15,17H,1-2,9H2,(H,28,29)(H2,25,27,30)/t15-,17-/m0/s1. The molecule has 0 radical (unpaired) electrons. The molecule has 1 saturated heterocycles. The van der Waals surface area contributed by atoms with Crippen molar-refractivity contribution in [3.8, 4) is 5.75 Å². The van der Waals surface area contributed by atoms with Gasteiger partial charge in [-0.25, -0.2) is 4.79 Å². The lowest BCUT2D eigenvalue weighted by molar-refractivity contribution is -0.274. The van der Waals surface area contributed by atoms with Crippen molar-refractivity contribution in [2.24, 2.45) is 0 Å². The van der Waals surface area contributed by atoms with E-state index in [1.54, 1.807) is 12.1 Å². The molecule has 1 aliphatic carbocycles. The van der Waals surface area contributed by atoms with Crippen molar-refractivity contribution in [2.45, 2.75) is 37.2 Å². The molecule has 1 aromatic heterocycles. The molecule has 164 valence electrons. The number of urea groups is 1. The highest BCUT2D eigenvalue weighted by Crippen LogP contribution is 2.42. The molecule has 2 aromatic rings. The molecular weight excluding hydrogens is 437 g/mol. The van der Waals surface area contributed by atoms with Gasteiger partial charge in [0.1, 0.15) is 11.8 Å². The van der Waals surface area contributed by atoms with Gasteiger partial charge < -0.3 is 20.7 Å². The summed E-state index contributed by atoms with van der Waals surface area (Å²) in [4.78, 5) is 28.7. The Labute approximate surface area is 180 Å². The number of amides is 3. The zero-order valence-corrected chi connectivity index (χ0v) is 16.8. The van der Waals surface area contributed by atoms with Crippen molar-refractivity contribution in [3.63, 3.8) is 0 Å². The topological polar surface area (TPSA) is 92.4 Å². The van der Waals surface area contributed by atoms with E-state index in [9.17, 15) is 22.8 Å². The predicted octanol–water partition coefficient (Wildman–Crippen LogP) is 3.40. The number of rotatable bonds is 6. The third-order valence-corrected chi connectivity index (χ3v) is 5.30. The third kappa shape index (κ3) is 5.19. The van der Waals surface area contributed by atoms with Crippen LogP contribution in [-0.4, -0.2) is 35.9 Å². The molecule has 7 nitrogen and oxygen atoms in total. The Kier molecular flexibility index (Phi) is 5.65. The number of carbonyl (C=O) groups excluding carboxylic acids is 2. The summed E-state index contributed by atoms with van der Waals surface area (Å²) in [5, 5.41) is 8.35. The van der Waals surface area contributed by atoms with E-state index in [0.717, 1.165) is 18.5 Å². The fourth-order valence-corrected chi connectivity index (χ4v) is 3.58. The van der Waals surface area contributed by atoms with Crippen molar-refractivity contribution in [1.29, 1.82) is 0 Å². The lowest BCUT2D eigenvalue weighted by atomic mass is 10.0. The van der Waals surface area contributed by atoms with Crippen molar-refractivity contribution < 1.29 is 27.5 Å². The van der Waals surface area contributed by atoms with Gasteiger partial charge in [-0.3, -0.25) is 9.78 Å². The number of alkyl halides is 3. The van der Waals surface area contributed by atoms with Crippen LogP contribution in [0, 0.1) is 0 Å². The summed E-state index contributed by atoms with van der Waals surface area (Å²) < 4.78 is 41.3. The Hall–Kier alpha value is -3.01.